The molecule has 0 unspecified atom stereocenters. The summed E-state index contributed by atoms with van der Waals surface area (Å²) in [5, 5.41) is 11.3. The van der Waals surface area contributed by atoms with Crippen molar-refractivity contribution < 1.29 is 24.2 Å². The van der Waals surface area contributed by atoms with Crippen molar-refractivity contribution in [1.82, 2.24) is 5.32 Å². The van der Waals surface area contributed by atoms with Crippen LogP contribution < -0.4 is 14.8 Å². The normalized spacial score (nSPS) is 14.6. The van der Waals surface area contributed by atoms with Crippen LogP contribution in [0.25, 0.3) is 0 Å². The molecule has 1 aromatic carbocycles. The fourth-order valence-corrected chi connectivity index (χ4v) is 2.70. The summed E-state index contributed by atoms with van der Waals surface area (Å²) in [5.41, 5.74) is 0.844. The van der Waals surface area contributed by atoms with E-state index in [1.807, 2.05) is 26.0 Å². The molecule has 0 aliphatic carbocycles. The van der Waals surface area contributed by atoms with Crippen molar-refractivity contribution in [3.05, 3.63) is 23.8 Å². The second kappa shape index (κ2) is 8.04. The van der Waals surface area contributed by atoms with Gasteiger partial charge in [0.1, 0.15) is 5.60 Å². The van der Waals surface area contributed by atoms with Gasteiger partial charge in [-0.15, -0.1) is 0 Å². The van der Waals surface area contributed by atoms with Crippen LogP contribution >= 0.6 is 0 Å². The summed E-state index contributed by atoms with van der Waals surface area (Å²) >= 11 is 0. The number of benzene rings is 1. The highest BCUT2D eigenvalue weighted by atomic mass is 16.5. The van der Waals surface area contributed by atoms with Crippen molar-refractivity contribution in [2.45, 2.75) is 51.6 Å². The van der Waals surface area contributed by atoms with Crippen molar-refractivity contribution in [1.29, 1.82) is 0 Å². The van der Waals surface area contributed by atoms with Gasteiger partial charge in [-0.05, 0) is 32.8 Å². The van der Waals surface area contributed by atoms with E-state index in [1.165, 1.54) is 0 Å². The lowest BCUT2D eigenvalue weighted by molar-refractivity contribution is -0.137. The zero-order valence-electron chi connectivity index (χ0n) is 14.3. The number of para-hydroxylation sites is 1. The second-order valence-corrected chi connectivity index (χ2v) is 6.63. The number of nitrogens with one attached hydrogen (secondary N) is 1. The zero-order valence-corrected chi connectivity index (χ0v) is 14.3. The third-order valence-electron chi connectivity index (χ3n) is 3.80. The molecule has 1 aromatic rings. The fraction of sp³-hybridized carbons (Fsp3) is 0.556. The van der Waals surface area contributed by atoms with Gasteiger partial charge in [0, 0.05) is 24.9 Å². The lowest BCUT2D eigenvalue weighted by atomic mass is 10.0. The summed E-state index contributed by atoms with van der Waals surface area (Å²) in [4.78, 5) is 22.2. The van der Waals surface area contributed by atoms with E-state index in [9.17, 15) is 9.59 Å². The standard InChI is InChI=1S/C18H25NO5/c1-18(2)11-13-7-6-8-14(17(13)24-18)23-12-15(20)19-10-5-3-4-9-16(21)22/h6-8H,3-5,9-12H2,1-2H3,(H,19,20)(H,21,22). The third kappa shape index (κ3) is 5.44. The van der Waals surface area contributed by atoms with Gasteiger partial charge >= 0.3 is 5.97 Å². The van der Waals surface area contributed by atoms with E-state index in [2.05, 4.69) is 5.32 Å². The maximum Gasteiger partial charge on any atom is 0.303 e. The van der Waals surface area contributed by atoms with E-state index in [4.69, 9.17) is 14.6 Å². The monoisotopic (exact) mass is 335 g/mol. The molecule has 6 nitrogen and oxygen atoms in total. The van der Waals surface area contributed by atoms with Gasteiger partial charge in [-0.3, -0.25) is 9.59 Å². The number of hydrogen-bond donors (Lipinski definition) is 2. The number of hydrogen-bond acceptors (Lipinski definition) is 4. The molecule has 1 amide bonds. The molecule has 0 aromatic heterocycles. The summed E-state index contributed by atoms with van der Waals surface area (Å²) in [6, 6.07) is 5.72. The lowest BCUT2D eigenvalue weighted by Gasteiger charge is -2.18. The molecule has 0 spiro atoms. The van der Waals surface area contributed by atoms with Crippen molar-refractivity contribution in [2.24, 2.45) is 0 Å². The van der Waals surface area contributed by atoms with E-state index in [0.29, 0.717) is 18.7 Å². The summed E-state index contributed by atoms with van der Waals surface area (Å²) < 4.78 is 11.5. The van der Waals surface area contributed by atoms with Gasteiger partial charge in [0.25, 0.3) is 5.91 Å². The largest absolute Gasteiger partial charge is 0.483 e. The van der Waals surface area contributed by atoms with Crippen LogP contribution in [-0.2, 0) is 16.0 Å². The second-order valence-electron chi connectivity index (χ2n) is 6.63. The number of rotatable bonds is 9. The van der Waals surface area contributed by atoms with Crippen molar-refractivity contribution in [3.63, 3.8) is 0 Å². The van der Waals surface area contributed by atoms with Gasteiger partial charge in [-0.2, -0.15) is 0 Å². The molecule has 0 radical (unpaired) electrons. The van der Waals surface area contributed by atoms with Gasteiger partial charge in [-0.25, -0.2) is 0 Å². The van der Waals surface area contributed by atoms with Gasteiger partial charge in [0.05, 0.1) is 0 Å². The Balaban J connectivity index is 1.70. The van der Waals surface area contributed by atoms with E-state index < -0.39 is 5.97 Å². The Morgan fingerprint density at radius 3 is 2.83 bits per heavy atom. The SMILES string of the molecule is CC1(C)Cc2cccc(OCC(=O)NCCCCCC(=O)O)c2O1. The average molecular weight is 335 g/mol. The Bertz CT molecular complexity index is 597. The molecule has 0 saturated carbocycles. The van der Waals surface area contributed by atoms with Crippen molar-refractivity contribution in [2.75, 3.05) is 13.2 Å². The van der Waals surface area contributed by atoms with Crippen LogP contribution in [0.1, 0.15) is 45.1 Å². The minimum Gasteiger partial charge on any atom is -0.483 e. The average Bonchev–Trinajstić information content (AvgIpc) is 2.82. The van der Waals surface area contributed by atoms with Gasteiger partial charge in [-0.1, -0.05) is 18.6 Å². The smallest absolute Gasteiger partial charge is 0.303 e. The fourth-order valence-electron chi connectivity index (χ4n) is 2.70. The van der Waals surface area contributed by atoms with Crippen LogP contribution in [0.5, 0.6) is 11.5 Å². The predicted octanol–water partition coefficient (Wildman–Crippen LogP) is 2.54. The number of aliphatic carboxylic acids is 1. The number of unbranched alkanes of at least 4 members (excludes halogenated alkanes) is 2. The first kappa shape index (κ1) is 18.1. The molecule has 0 atom stereocenters. The van der Waals surface area contributed by atoms with Gasteiger partial charge in [0.15, 0.2) is 18.1 Å². The number of carboxylic acids is 1. The molecule has 24 heavy (non-hydrogen) atoms. The van der Waals surface area contributed by atoms with Crippen molar-refractivity contribution >= 4 is 11.9 Å². The molecule has 1 aliphatic heterocycles. The van der Waals surface area contributed by atoms with Crippen LogP contribution in [-0.4, -0.2) is 35.7 Å². The highest BCUT2D eigenvalue weighted by molar-refractivity contribution is 5.77. The summed E-state index contributed by atoms with van der Waals surface area (Å²) in [6.07, 6.45) is 3.17. The highest BCUT2D eigenvalue weighted by Gasteiger charge is 2.32. The molecule has 0 saturated heterocycles. The van der Waals surface area contributed by atoms with E-state index in [0.717, 1.165) is 30.6 Å². The summed E-state index contributed by atoms with van der Waals surface area (Å²) in [6.45, 7) is 4.51. The highest BCUT2D eigenvalue weighted by Crippen LogP contribution is 2.41. The Kier molecular flexibility index (Phi) is 6.06. The van der Waals surface area contributed by atoms with Crippen LogP contribution in [0, 0.1) is 0 Å². The maximum absolute atomic E-state index is 11.8. The molecule has 6 heteroatoms. The molecule has 1 heterocycles. The maximum atomic E-state index is 11.8. The topological polar surface area (TPSA) is 84.9 Å². The molecule has 0 bridgehead atoms. The van der Waals surface area contributed by atoms with Crippen molar-refractivity contribution in [3.8, 4) is 11.5 Å². The Morgan fingerprint density at radius 2 is 2.08 bits per heavy atom. The van der Waals surface area contributed by atoms with Gasteiger partial charge < -0.3 is 19.9 Å². The number of carbonyl (C=O) groups excluding carboxylic acids is 1. The number of amides is 1. The van der Waals surface area contributed by atoms with Crippen LogP contribution in [0.2, 0.25) is 0 Å². The third-order valence-corrected chi connectivity index (χ3v) is 3.80. The van der Waals surface area contributed by atoms with Crippen LogP contribution in [0.3, 0.4) is 0 Å². The Hall–Kier alpha value is -2.24. The minimum absolute atomic E-state index is 0.0602. The number of carboxylic acid groups (broad SMARTS) is 1. The van der Waals surface area contributed by atoms with Crippen LogP contribution in [0.4, 0.5) is 0 Å². The number of ether oxygens (including phenoxy) is 2. The first-order valence-electron chi connectivity index (χ1n) is 8.29. The van der Waals surface area contributed by atoms with Gasteiger partial charge in [0.2, 0.25) is 0 Å². The first-order chi connectivity index (χ1) is 11.4. The van der Waals surface area contributed by atoms with E-state index >= 15 is 0 Å². The lowest BCUT2D eigenvalue weighted by Crippen LogP contribution is -2.29. The van der Waals surface area contributed by atoms with Crippen LogP contribution in [0.15, 0.2) is 18.2 Å². The molecular formula is C18H25NO5. The number of fused-ring (bicyclic) bond motifs is 1. The van der Waals surface area contributed by atoms with E-state index in [-0.39, 0.29) is 24.5 Å². The minimum atomic E-state index is -0.784. The molecule has 2 rings (SSSR count). The first-order valence-corrected chi connectivity index (χ1v) is 8.29. The molecule has 1 aliphatic rings. The van der Waals surface area contributed by atoms with E-state index in [1.54, 1.807) is 6.07 Å². The molecule has 0 fully saturated rings. The Labute approximate surface area is 142 Å². The quantitative estimate of drug-likeness (QED) is 0.678. The zero-order chi connectivity index (χ0) is 17.6. The summed E-state index contributed by atoms with van der Waals surface area (Å²) in [7, 11) is 0. The molecule has 2 N–H and O–H groups in total. The Morgan fingerprint density at radius 1 is 1.29 bits per heavy atom. The predicted molar refractivity (Wildman–Crippen MR) is 89.5 cm³/mol. The molecule has 132 valence electrons. The number of carbonyl (C=O) groups is 2. The molecular weight excluding hydrogens is 310 g/mol. The summed E-state index contributed by atoms with van der Waals surface area (Å²) in [5.74, 6) is 0.343.